The van der Waals surface area contributed by atoms with Crippen LogP contribution in [0.2, 0.25) is 0 Å². The highest BCUT2D eigenvalue weighted by Crippen LogP contribution is 2.27. The summed E-state index contributed by atoms with van der Waals surface area (Å²) in [6, 6.07) is 10.7. The molecule has 2 aromatic carbocycles. The third-order valence-electron chi connectivity index (χ3n) is 5.70. The van der Waals surface area contributed by atoms with Crippen LogP contribution in [0.4, 0.5) is 4.39 Å². The Morgan fingerprint density at radius 1 is 1.14 bits per heavy atom. The number of nitrogens with one attached hydrogen (secondary N) is 1. The van der Waals surface area contributed by atoms with Gasteiger partial charge in [-0.25, -0.2) is 9.37 Å². The Morgan fingerprint density at radius 2 is 1.90 bits per heavy atom. The molecule has 1 aliphatic rings. The van der Waals surface area contributed by atoms with Crippen molar-refractivity contribution in [3.8, 4) is 11.1 Å². The molecule has 1 amide bonds. The van der Waals surface area contributed by atoms with Crippen molar-refractivity contribution in [2.75, 3.05) is 19.6 Å². The number of aryl methyl sites for hydroxylation is 3. The van der Waals surface area contributed by atoms with Crippen molar-refractivity contribution in [2.24, 2.45) is 7.05 Å². The first-order valence-corrected chi connectivity index (χ1v) is 9.82. The van der Waals surface area contributed by atoms with Crippen LogP contribution in [0.15, 0.2) is 48.8 Å². The van der Waals surface area contributed by atoms with E-state index in [-0.39, 0.29) is 17.5 Å². The number of piperazine rings is 1. The zero-order valence-corrected chi connectivity index (χ0v) is 16.9. The number of hydrogen-bond donors (Lipinski definition) is 1. The largest absolute Gasteiger partial charge is 0.336 e. The van der Waals surface area contributed by atoms with Crippen molar-refractivity contribution in [1.29, 1.82) is 0 Å². The molecule has 1 atom stereocenters. The van der Waals surface area contributed by atoms with E-state index in [1.165, 1.54) is 11.6 Å². The number of rotatable bonds is 3. The van der Waals surface area contributed by atoms with E-state index in [0.717, 1.165) is 22.5 Å². The van der Waals surface area contributed by atoms with Gasteiger partial charge < -0.3 is 14.8 Å². The fourth-order valence-corrected chi connectivity index (χ4v) is 3.82. The minimum absolute atomic E-state index is 0.0960. The second-order valence-corrected chi connectivity index (χ2v) is 7.61. The average molecular weight is 392 g/mol. The highest BCUT2D eigenvalue weighted by atomic mass is 19.1. The molecular formula is C23H25FN4O. The molecule has 0 saturated carbocycles. The molecule has 0 bridgehead atoms. The third kappa shape index (κ3) is 3.68. The summed E-state index contributed by atoms with van der Waals surface area (Å²) in [4.78, 5) is 19.3. The molecule has 2 heterocycles. The van der Waals surface area contributed by atoms with Gasteiger partial charge in [0.05, 0.1) is 5.56 Å². The minimum Gasteiger partial charge on any atom is -0.336 e. The van der Waals surface area contributed by atoms with Gasteiger partial charge in [-0.05, 0) is 48.2 Å². The number of carbonyl (C=O) groups is 1. The topological polar surface area (TPSA) is 50.2 Å². The molecular weight excluding hydrogens is 367 g/mol. The van der Waals surface area contributed by atoms with E-state index in [2.05, 4.69) is 10.3 Å². The van der Waals surface area contributed by atoms with E-state index in [1.54, 1.807) is 17.2 Å². The molecule has 0 spiro atoms. The molecule has 3 aromatic rings. The van der Waals surface area contributed by atoms with Crippen molar-refractivity contribution in [1.82, 2.24) is 19.8 Å². The predicted octanol–water partition coefficient (Wildman–Crippen LogP) is 3.63. The van der Waals surface area contributed by atoms with E-state index >= 15 is 0 Å². The molecule has 5 nitrogen and oxygen atoms in total. The number of amides is 1. The van der Waals surface area contributed by atoms with Gasteiger partial charge in [0, 0.05) is 39.1 Å². The van der Waals surface area contributed by atoms with Crippen LogP contribution in [0.25, 0.3) is 11.1 Å². The number of carbonyl (C=O) groups excluding carboxylic acids is 1. The number of aromatic nitrogens is 2. The molecule has 150 valence electrons. The van der Waals surface area contributed by atoms with Crippen LogP contribution in [-0.4, -0.2) is 40.0 Å². The summed E-state index contributed by atoms with van der Waals surface area (Å²) < 4.78 is 16.9. The smallest absolute Gasteiger partial charge is 0.257 e. The van der Waals surface area contributed by atoms with E-state index in [9.17, 15) is 9.18 Å². The summed E-state index contributed by atoms with van der Waals surface area (Å²) in [7, 11) is 1.90. The molecule has 6 heteroatoms. The molecule has 0 radical (unpaired) electrons. The zero-order chi connectivity index (χ0) is 20.5. The first kappa shape index (κ1) is 19.3. The minimum atomic E-state index is -0.497. The molecule has 1 aliphatic heterocycles. The molecule has 1 aromatic heterocycles. The molecule has 1 fully saturated rings. The van der Waals surface area contributed by atoms with Crippen molar-refractivity contribution in [3.63, 3.8) is 0 Å². The lowest BCUT2D eigenvalue weighted by Gasteiger charge is -2.35. The maximum Gasteiger partial charge on any atom is 0.257 e. The Morgan fingerprint density at radius 3 is 2.59 bits per heavy atom. The Bertz CT molecular complexity index is 1060. The van der Waals surface area contributed by atoms with Crippen LogP contribution >= 0.6 is 0 Å². The van der Waals surface area contributed by atoms with E-state index in [4.69, 9.17) is 0 Å². The summed E-state index contributed by atoms with van der Waals surface area (Å²) in [5.41, 5.74) is 4.16. The molecule has 1 N–H and O–H groups in total. The fraction of sp³-hybridized carbons (Fsp3) is 0.304. The lowest BCUT2D eigenvalue weighted by atomic mass is 9.99. The van der Waals surface area contributed by atoms with Gasteiger partial charge in [-0.15, -0.1) is 0 Å². The number of nitrogens with zero attached hydrogens (tertiary/aromatic N) is 3. The predicted molar refractivity (Wildman–Crippen MR) is 111 cm³/mol. The van der Waals surface area contributed by atoms with Gasteiger partial charge in [0.15, 0.2) is 0 Å². The van der Waals surface area contributed by atoms with Gasteiger partial charge in [0.25, 0.3) is 5.91 Å². The Hall–Kier alpha value is -2.99. The second-order valence-electron chi connectivity index (χ2n) is 7.61. The fourth-order valence-electron chi connectivity index (χ4n) is 3.82. The zero-order valence-electron chi connectivity index (χ0n) is 16.9. The highest BCUT2D eigenvalue weighted by molar-refractivity contribution is 5.95. The van der Waals surface area contributed by atoms with Crippen molar-refractivity contribution < 1.29 is 9.18 Å². The number of imidazole rings is 1. The molecule has 1 unspecified atom stereocenters. The van der Waals surface area contributed by atoms with Gasteiger partial charge in [0.2, 0.25) is 0 Å². The lowest BCUT2D eigenvalue weighted by Crippen LogP contribution is -2.49. The second kappa shape index (κ2) is 7.79. The van der Waals surface area contributed by atoms with Gasteiger partial charge in [-0.2, -0.15) is 0 Å². The summed E-state index contributed by atoms with van der Waals surface area (Å²) in [6.07, 6.45) is 3.57. The summed E-state index contributed by atoms with van der Waals surface area (Å²) >= 11 is 0. The van der Waals surface area contributed by atoms with Crippen LogP contribution in [0, 0.1) is 19.7 Å². The normalized spacial score (nSPS) is 16.8. The first-order valence-electron chi connectivity index (χ1n) is 9.82. The van der Waals surface area contributed by atoms with Crippen LogP contribution in [0.3, 0.4) is 0 Å². The van der Waals surface area contributed by atoms with Crippen molar-refractivity contribution in [2.45, 2.75) is 19.9 Å². The van der Waals surface area contributed by atoms with Crippen molar-refractivity contribution in [3.05, 3.63) is 77.1 Å². The van der Waals surface area contributed by atoms with Gasteiger partial charge >= 0.3 is 0 Å². The maximum atomic E-state index is 15.0. The standard InChI is InChI=1S/C23H25FN4O/c1-15-4-5-17(12-16(15)2)18-6-7-19(20(24)13-18)23(29)28-11-8-25-14-21(28)22-26-9-10-27(22)3/h4-7,9-10,12-13,21,25H,8,11,14H2,1-3H3. The van der Waals surface area contributed by atoms with Crippen LogP contribution in [-0.2, 0) is 7.05 Å². The average Bonchev–Trinajstić information content (AvgIpc) is 3.15. The summed E-state index contributed by atoms with van der Waals surface area (Å²) in [5.74, 6) is -0.0100. The SMILES string of the molecule is Cc1ccc(-c2ccc(C(=O)N3CCNCC3c3nccn3C)c(F)c2)cc1C. The number of benzene rings is 2. The van der Waals surface area contributed by atoms with Crippen LogP contribution in [0.5, 0.6) is 0 Å². The Kier molecular flexibility index (Phi) is 5.20. The Balaban J connectivity index is 1.64. The van der Waals surface area contributed by atoms with E-state index < -0.39 is 5.82 Å². The van der Waals surface area contributed by atoms with Gasteiger partial charge in [-0.3, -0.25) is 4.79 Å². The van der Waals surface area contributed by atoms with E-state index in [0.29, 0.717) is 19.6 Å². The van der Waals surface area contributed by atoms with Gasteiger partial charge in [-0.1, -0.05) is 24.3 Å². The summed E-state index contributed by atoms with van der Waals surface area (Å²) in [5, 5.41) is 3.30. The van der Waals surface area contributed by atoms with E-state index in [1.807, 2.05) is 55.9 Å². The van der Waals surface area contributed by atoms with Crippen LogP contribution < -0.4 is 5.32 Å². The lowest BCUT2D eigenvalue weighted by molar-refractivity contribution is 0.0616. The van der Waals surface area contributed by atoms with Crippen molar-refractivity contribution >= 4 is 5.91 Å². The molecule has 4 rings (SSSR count). The number of hydrogen-bond acceptors (Lipinski definition) is 3. The summed E-state index contributed by atoms with van der Waals surface area (Å²) in [6.45, 7) is 5.87. The maximum absolute atomic E-state index is 15.0. The number of halogens is 1. The quantitative estimate of drug-likeness (QED) is 0.741. The molecule has 1 saturated heterocycles. The Labute approximate surface area is 170 Å². The molecule has 29 heavy (non-hydrogen) atoms. The van der Waals surface area contributed by atoms with Gasteiger partial charge in [0.1, 0.15) is 17.7 Å². The third-order valence-corrected chi connectivity index (χ3v) is 5.70. The monoisotopic (exact) mass is 392 g/mol. The first-order chi connectivity index (χ1) is 14.0. The molecule has 0 aliphatic carbocycles. The van der Waals surface area contributed by atoms with Crippen LogP contribution in [0.1, 0.15) is 33.4 Å². The highest BCUT2D eigenvalue weighted by Gasteiger charge is 2.32.